The van der Waals surface area contributed by atoms with Crippen molar-refractivity contribution in [1.29, 1.82) is 0 Å². The van der Waals surface area contributed by atoms with E-state index in [2.05, 4.69) is 126 Å². The van der Waals surface area contributed by atoms with E-state index in [1.807, 2.05) is 6.07 Å². The van der Waals surface area contributed by atoms with Gasteiger partial charge in [0.15, 0.2) is 0 Å². The van der Waals surface area contributed by atoms with Crippen molar-refractivity contribution in [2.45, 2.75) is 13.3 Å². The summed E-state index contributed by atoms with van der Waals surface area (Å²) < 4.78 is 3.56. The lowest BCUT2D eigenvalue weighted by Gasteiger charge is -2.33. The van der Waals surface area contributed by atoms with Crippen LogP contribution in [0.2, 0.25) is 0 Å². The van der Waals surface area contributed by atoms with E-state index in [-0.39, 0.29) is 0 Å². The second-order valence-electron chi connectivity index (χ2n) is 9.80. The molecule has 0 aliphatic carbocycles. The largest absolute Gasteiger partial charge is 0.306 e. The van der Waals surface area contributed by atoms with Gasteiger partial charge in [0, 0.05) is 17.7 Å². The molecule has 39 heavy (non-hydrogen) atoms. The zero-order chi connectivity index (χ0) is 25.9. The molecule has 186 valence electrons. The van der Waals surface area contributed by atoms with Gasteiger partial charge in [0.2, 0.25) is 0 Å². The third kappa shape index (κ3) is 3.44. The average molecular weight is 521 g/mol. The molecule has 0 radical (unpaired) electrons. The molecule has 0 N–H and O–H groups in total. The molecule has 4 nitrogen and oxygen atoms in total. The number of aryl methyl sites for hydroxylation is 1. The maximum Gasteiger partial charge on any atom is 0.124 e. The highest BCUT2D eigenvalue weighted by Crippen LogP contribution is 2.48. The van der Waals surface area contributed by atoms with Crippen molar-refractivity contribution in [2.24, 2.45) is 0 Å². The van der Waals surface area contributed by atoms with Crippen LogP contribution in [0.4, 0.5) is 17.1 Å². The number of para-hydroxylation sites is 4. The molecule has 8 rings (SSSR count). The van der Waals surface area contributed by atoms with Gasteiger partial charge < -0.3 is 4.90 Å². The summed E-state index contributed by atoms with van der Waals surface area (Å²) in [6, 6.07) is 40.9. The lowest BCUT2D eigenvalue weighted by molar-refractivity contribution is 0.900. The fraction of sp³-hybridized carbons (Fsp3) is 0.0588. The number of aromatic nitrogens is 3. The van der Waals surface area contributed by atoms with Crippen molar-refractivity contribution in [1.82, 2.24) is 14.5 Å². The van der Waals surface area contributed by atoms with Crippen LogP contribution in [0.1, 0.15) is 12.7 Å². The minimum Gasteiger partial charge on any atom is -0.306 e. The Bertz CT molecular complexity index is 1970. The normalized spacial score (nSPS) is 12.3. The Morgan fingerprint density at radius 2 is 1.33 bits per heavy atom. The maximum atomic E-state index is 5.13. The van der Waals surface area contributed by atoms with Gasteiger partial charge in [0.25, 0.3) is 0 Å². The molecule has 3 heterocycles. The van der Waals surface area contributed by atoms with Gasteiger partial charge in [0.05, 0.1) is 38.3 Å². The minimum atomic E-state index is 0.861. The summed E-state index contributed by atoms with van der Waals surface area (Å²) in [4.78, 5) is 12.4. The van der Waals surface area contributed by atoms with E-state index in [1.54, 1.807) is 11.3 Å². The fourth-order valence-electron chi connectivity index (χ4n) is 5.70. The summed E-state index contributed by atoms with van der Waals surface area (Å²) in [5, 5.41) is 1.05. The first kappa shape index (κ1) is 22.3. The van der Waals surface area contributed by atoms with E-state index in [0.717, 1.165) is 67.6 Å². The third-order valence-corrected chi connectivity index (χ3v) is 8.58. The molecule has 7 aromatic rings. The quantitative estimate of drug-likeness (QED) is 0.232. The molecule has 2 aromatic heterocycles. The lowest BCUT2D eigenvalue weighted by Crippen LogP contribution is -2.19. The molecule has 5 heteroatoms. The summed E-state index contributed by atoms with van der Waals surface area (Å²) in [5.41, 5.74) is 11.3. The van der Waals surface area contributed by atoms with E-state index in [4.69, 9.17) is 9.97 Å². The van der Waals surface area contributed by atoms with Crippen molar-refractivity contribution in [3.63, 3.8) is 0 Å². The Kier molecular flexibility index (Phi) is 4.94. The van der Waals surface area contributed by atoms with Crippen LogP contribution in [0.5, 0.6) is 0 Å². The predicted octanol–water partition coefficient (Wildman–Crippen LogP) is 9.31. The van der Waals surface area contributed by atoms with E-state index in [0.29, 0.717) is 0 Å². The smallest absolute Gasteiger partial charge is 0.124 e. The van der Waals surface area contributed by atoms with E-state index in [9.17, 15) is 0 Å². The zero-order valence-electron chi connectivity index (χ0n) is 21.4. The second-order valence-corrected chi connectivity index (χ2v) is 10.8. The molecule has 5 aromatic carbocycles. The maximum absolute atomic E-state index is 5.13. The molecule has 0 spiro atoms. The summed E-state index contributed by atoms with van der Waals surface area (Å²) in [7, 11) is 0. The van der Waals surface area contributed by atoms with Crippen LogP contribution in [0.25, 0.3) is 48.6 Å². The molecule has 0 saturated carbocycles. The number of hydrogen-bond acceptors (Lipinski definition) is 4. The molecule has 0 bridgehead atoms. The number of rotatable bonds is 4. The first-order valence-corrected chi connectivity index (χ1v) is 14.1. The first-order chi connectivity index (χ1) is 19.3. The summed E-state index contributed by atoms with van der Waals surface area (Å²) in [6.07, 6.45) is 0.861. The van der Waals surface area contributed by atoms with Crippen molar-refractivity contribution >= 4 is 49.6 Å². The molecule has 1 aliphatic heterocycles. The van der Waals surface area contributed by atoms with Gasteiger partial charge in [0.1, 0.15) is 10.8 Å². The fourth-order valence-corrected chi connectivity index (χ4v) is 6.67. The van der Waals surface area contributed by atoms with Crippen LogP contribution >= 0.6 is 11.3 Å². The topological polar surface area (TPSA) is 34.0 Å². The number of fused-ring (bicyclic) bond motifs is 3. The lowest BCUT2D eigenvalue weighted by atomic mass is 10.0. The average Bonchev–Trinajstić information content (AvgIpc) is 3.60. The van der Waals surface area contributed by atoms with Crippen LogP contribution in [0, 0.1) is 0 Å². The van der Waals surface area contributed by atoms with Crippen LogP contribution in [-0.4, -0.2) is 14.5 Å². The minimum absolute atomic E-state index is 0.861. The zero-order valence-corrected chi connectivity index (χ0v) is 22.2. The third-order valence-electron chi connectivity index (χ3n) is 7.50. The Morgan fingerprint density at radius 3 is 2.13 bits per heavy atom. The predicted molar refractivity (Wildman–Crippen MR) is 163 cm³/mol. The number of benzene rings is 5. The number of imidazole rings is 1. The van der Waals surface area contributed by atoms with Gasteiger partial charge in [-0.2, -0.15) is 0 Å². The summed E-state index contributed by atoms with van der Waals surface area (Å²) in [5.74, 6) is 1.08. The number of thiazole rings is 1. The van der Waals surface area contributed by atoms with Gasteiger partial charge in [-0.1, -0.05) is 73.7 Å². The van der Waals surface area contributed by atoms with Gasteiger partial charge >= 0.3 is 0 Å². The standard InChI is InChI=1S/C34H24N4S/c1-2-32-35-27-20-24(22-16-18-23(19-17-22)34-36-26-12-6-9-15-31(26)39-34)21-30-33(27)38(32)29-14-8-7-13-28(29)37(30)25-10-4-3-5-11-25/h3-21H,2H2,1H3. The number of nitrogens with zero attached hydrogens (tertiary/aromatic N) is 4. The first-order valence-electron chi connectivity index (χ1n) is 13.2. The van der Waals surface area contributed by atoms with E-state index in [1.165, 1.54) is 10.4 Å². The molecule has 0 atom stereocenters. The number of hydrogen-bond donors (Lipinski definition) is 0. The van der Waals surface area contributed by atoms with Crippen molar-refractivity contribution in [3.05, 3.63) is 121 Å². The van der Waals surface area contributed by atoms with Gasteiger partial charge in [-0.15, -0.1) is 11.3 Å². The molecule has 0 amide bonds. The van der Waals surface area contributed by atoms with Crippen LogP contribution in [-0.2, 0) is 6.42 Å². The molecular weight excluding hydrogens is 496 g/mol. The highest BCUT2D eigenvalue weighted by Gasteiger charge is 2.29. The Labute approximate surface area is 230 Å². The van der Waals surface area contributed by atoms with Crippen molar-refractivity contribution in [2.75, 3.05) is 4.90 Å². The highest BCUT2D eigenvalue weighted by atomic mass is 32.1. The van der Waals surface area contributed by atoms with Crippen molar-refractivity contribution < 1.29 is 0 Å². The molecule has 0 fully saturated rings. The summed E-state index contributed by atoms with van der Waals surface area (Å²) in [6.45, 7) is 2.18. The molecule has 0 unspecified atom stereocenters. The monoisotopic (exact) mass is 520 g/mol. The van der Waals surface area contributed by atoms with Gasteiger partial charge in [-0.25, -0.2) is 9.97 Å². The van der Waals surface area contributed by atoms with Crippen LogP contribution in [0.3, 0.4) is 0 Å². The summed E-state index contributed by atoms with van der Waals surface area (Å²) >= 11 is 1.74. The van der Waals surface area contributed by atoms with Crippen LogP contribution in [0.15, 0.2) is 115 Å². The van der Waals surface area contributed by atoms with Crippen molar-refractivity contribution in [3.8, 4) is 27.4 Å². The molecule has 0 saturated heterocycles. The second kappa shape index (κ2) is 8.65. The number of anilines is 3. The Balaban J connectivity index is 1.31. The van der Waals surface area contributed by atoms with Crippen LogP contribution < -0.4 is 4.90 Å². The van der Waals surface area contributed by atoms with Gasteiger partial charge in [-0.3, -0.25) is 4.57 Å². The van der Waals surface area contributed by atoms with E-state index < -0.39 is 0 Å². The van der Waals surface area contributed by atoms with Gasteiger partial charge in [-0.05, 0) is 59.7 Å². The highest BCUT2D eigenvalue weighted by molar-refractivity contribution is 7.21. The molecule has 1 aliphatic rings. The SMILES string of the molecule is CCc1nc2cc(-c3ccc(-c4nc5ccccc5s4)cc3)cc3c2n1-c1ccccc1N3c1ccccc1. The van der Waals surface area contributed by atoms with E-state index >= 15 is 0 Å². The Hall–Kier alpha value is -4.74. The molecular formula is C34H24N4S. The Morgan fingerprint density at radius 1 is 0.615 bits per heavy atom.